The van der Waals surface area contributed by atoms with Gasteiger partial charge in [-0.1, -0.05) is 0 Å². The Morgan fingerprint density at radius 2 is 1.33 bits per heavy atom. The Bertz CT molecular complexity index is 97.5. The van der Waals surface area contributed by atoms with E-state index in [1.807, 2.05) is 0 Å². The molecule has 0 N–H and O–H groups in total. The van der Waals surface area contributed by atoms with Crippen LogP contribution in [0.15, 0.2) is 0 Å². The smallest absolute Gasteiger partial charge is 1.00 e. The van der Waals surface area contributed by atoms with Crippen molar-refractivity contribution in [2.24, 2.45) is 0 Å². The van der Waals surface area contributed by atoms with Crippen molar-refractivity contribution in [1.82, 2.24) is 0 Å². The summed E-state index contributed by atoms with van der Waals surface area (Å²) in [5.41, 5.74) is 0. The molecule has 0 saturated carbocycles. The minimum absolute atomic E-state index is 0. The third kappa shape index (κ3) is 17.9. The molecule has 0 amide bonds. The molecule has 0 rings (SSSR count). The molecule has 0 bridgehead atoms. The number of carbonyl (C=O) groups excluding carboxylic acids is 2. The normalized spacial score (nSPS) is 6.00. The van der Waals surface area contributed by atoms with Gasteiger partial charge in [-0.25, -0.2) is 0 Å². The number of ether oxygens (including phenoxy) is 1. The zero-order valence-electron chi connectivity index (χ0n) is 8.22. The molecule has 9 heavy (non-hydrogen) atoms. The third-order valence-electron chi connectivity index (χ3n) is 0.287. The Balaban J connectivity index is -0.0000000300. The summed E-state index contributed by atoms with van der Waals surface area (Å²) in [7, 11) is 0. The van der Waals surface area contributed by atoms with Crippen LogP contribution in [0.4, 0.5) is 0 Å². The maximum Gasteiger partial charge on any atom is 1.00 e. The SMILES string of the molecule is CC(=O)OC(C)=O.[H-].[H-].[K+].[K+]. The van der Waals surface area contributed by atoms with Crippen LogP contribution >= 0.6 is 0 Å². The van der Waals surface area contributed by atoms with Crippen LogP contribution in [-0.4, -0.2) is 11.9 Å². The van der Waals surface area contributed by atoms with E-state index in [2.05, 4.69) is 4.74 Å². The molecular weight excluding hydrogens is 174 g/mol. The first-order valence-electron chi connectivity index (χ1n) is 1.82. The molecule has 0 aromatic rings. The van der Waals surface area contributed by atoms with Crippen molar-refractivity contribution < 1.29 is 120 Å². The van der Waals surface area contributed by atoms with E-state index in [1.165, 1.54) is 13.8 Å². The summed E-state index contributed by atoms with van der Waals surface area (Å²) < 4.78 is 3.97. The molecule has 0 heterocycles. The largest absolute Gasteiger partial charge is 1.00 e. The zero-order valence-corrected chi connectivity index (χ0v) is 12.5. The first-order valence-corrected chi connectivity index (χ1v) is 1.82. The summed E-state index contributed by atoms with van der Waals surface area (Å²) in [5, 5.41) is 0. The van der Waals surface area contributed by atoms with Gasteiger partial charge in [0.15, 0.2) is 0 Å². The molecule has 0 atom stereocenters. The topological polar surface area (TPSA) is 43.4 Å². The number of hydrogen-bond donors (Lipinski definition) is 0. The summed E-state index contributed by atoms with van der Waals surface area (Å²) in [6.07, 6.45) is 0. The number of hydrogen-bond acceptors (Lipinski definition) is 3. The minimum atomic E-state index is -0.562. The van der Waals surface area contributed by atoms with Gasteiger partial charge in [-0.05, 0) is 0 Å². The van der Waals surface area contributed by atoms with Crippen molar-refractivity contribution in [3.63, 3.8) is 0 Å². The molecule has 0 fully saturated rings. The quantitative estimate of drug-likeness (QED) is 0.213. The van der Waals surface area contributed by atoms with Crippen molar-refractivity contribution in [2.45, 2.75) is 13.8 Å². The molecule has 0 radical (unpaired) electrons. The van der Waals surface area contributed by atoms with Gasteiger partial charge in [-0.2, -0.15) is 0 Å². The molecule has 0 aliphatic carbocycles. The van der Waals surface area contributed by atoms with E-state index in [-0.39, 0.29) is 106 Å². The molecule has 0 saturated heterocycles. The molecular formula is C4H8K2O3. The van der Waals surface area contributed by atoms with Crippen LogP contribution in [0.25, 0.3) is 0 Å². The van der Waals surface area contributed by atoms with Crippen LogP contribution in [-0.2, 0) is 14.3 Å². The van der Waals surface area contributed by atoms with Gasteiger partial charge in [0.1, 0.15) is 0 Å². The first kappa shape index (κ1) is 17.5. The van der Waals surface area contributed by atoms with Crippen LogP contribution in [0, 0.1) is 0 Å². The van der Waals surface area contributed by atoms with E-state index < -0.39 is 11.9 Å². The summed E-state index contributed by atoms with van der Waals surface area (Å²) in [6.45, 7) is 2.36. The second-order valence-corrected chi connectivity index (χ2v) is 1.09. The predicted octanol–water partition coefficient (Wildman–Crippen LogP) is -5.67. The van der Waals surface area contributed by atoms with E-state index >= 15 is 0 Å². The second kappa shape index (κ2) is 10.4. The monoisotopic (exact) mass is 182 g/mol. The van der Waals surface area contributed by atoms with Gasteiger partial charge in [0.2, 0.25) is 0 Å². The van der Waals surface area contributed by atoms with Gasteiger partial charge >= 0.3 is 115 Å². The molecule has 3 nitrogen and oxygen atoms in total. The van der Waals surface area contributed by atoms with Gasteiger partial charge in [-0.3, -0.25) is 9.59 Å². The fraction of sp³-hybridized carbons (Fsp3) is 0.500. The maximum atomic E-state index is 9.81. The van der Waals surface area contributed by atoms with Gasteiger partial charge in [0.25, 0.3) is 0 Å². The Kier molecular flexibility index (Phi) is 20.2. The van der Waals surface area contributed by atoms with Crippen LogP contribution in [0.3, 0.4) is 0 Å². The van der Waals surface area contributed by atoms with Crippen molar-refractivity contribution in [3.8, 4) is 0 Å². The average molecular weight is 182 g/mol. The second-order valence-electron chi connectivity index (χ2n) is 1.09. The predicted molar refractivity (Wildman–Crippen MR) is 24.7 cm³/mol. The van der Waals surface area contributed by atoms with Gasteiger partial charge in [-0.15, -0.1) is 0 Å². The van der Waals surface area contributed by atoms with Crippen LogP contribution in [0.1, 0.15) is 16.7 Å². The number of carbonyl (C=O) groups is 2. The Labute approximate surface area is 142 Å². The maximum absolute atomic E-state index is 9.81. The summed E-state index contributed by atoms with van der Waals surface area (Å²) in [5.74, 6) is -1.12. The van der Waals surface area contributed by atoms with Gasteiger partial charge in [0.05, 0.1) is 0 Å². The van der Waals surface area contributed by atoms with Crippen molar-refractivity contribution in [2.75, 3.05) is 0 Å². The van der Waals surface area contributed by atoms with Gasteiger partial charge in [0, 0.05) is 13.8 Å². The Hall–Kier alpha value is 2.41. The Morgan fingerprint density at radius 3 is 1.33 bits per heavy atom. The van der Waals surface area contributed by atoms with E-state index in [9.17, 15) is 9.59 Å². The fourth-order valence-corrected chi connectivity index (χ4v) is 0.202. The summed E-state index contributed by atoms with van der Waals surface area (Å²) >= 11 is 0. The number of esters is 2. The van der Waals surface area contributed by atoms with Crippen LogP contribution in [0.2, 0.25) is 0 Å². The van der Waals surface area contributed by atoms with Crippen molar-refractivity contribution >= 4 is 11.9 Å². The molecule has 0 spiro atoms. The zero-order chi connectivity index (χ0) is 5.86. The van der Waals surface area contributed by atoms with E-state index in [0.29, 0.717) is 0 Å². The van der Waals surface area contributed by atoms with Crippen molar-refractivity contribution in [1.29, 1.82) is 0 Å². The van der Waals surface area contributed by atoms with Crippen molar-refractivity contribution in [3.05, 3.63) is 0 Å². The minimum Gasteiger partial charge on any atom is -1.00 e. The van der Waals surface area contributed by atoms with Gasteiger partial charge < -0.3 is 7.59 Å². The molecule has 5 heteroatoms. The first-order chi connectivity index (χ1) is 3.13. The van der Waals surface area contributed by atoms with Crippen LogP contribution in [0.5, 0.6) is 0 Å². The molecule has 0 aliphatic rings. The molecule has 0 aromatic carbocycles. The standard InChI is InChI=1S/C4H6O3.2K.2H/c1-3(5)7-4(2)6;;;;/h1-2H3;;;;/q;2*+1;2*-1. The average Bonchev–Trinajstić information content (AvgIpc) is 1.27. The molecule has 0 aromatic heterocycles. The summed E-state index contributed by atoms with van der Waals surface area (Å²) in [4.78, 5) is 19.6. The summed E-state index contributed by atoms with van der Waals surface area (Å²) in [6, 6.07) is 0. The molecule has 0 aliphatic heterocycles. The Morgan fingerprint density at radius 1 is 1.11 bits per heavy atom. The third-order valence-corrected chi connectivity index (χ3v) is 0.287. The van der Waals surface area contributed by atoms with E-state index in [1.54, 1.807) is 0 Å². The fourth-order valence-electron chi connectivity index (χ4n) is 0.202. The molecule has 0 unspecified atom stereocenters. The number of rotatable bonds is 0. The van der Waals surface area contributed by atoms with E-state index in [0.717, 1.165) is 0 Å². The van der Waals surface area contributed by atoms with E-state index in [4.69, 9.17) is 0 Å². The van der Waals surface area contributed by atoms with Crippen LogP contribution < -0.4 is 103 Å². The molecule has 44 valence electrons.